The molecule has 1 saturated carbocycles. The Morgan fingerprint density at radius 2 is 2.29 bits per heavy atom. The first-order chi connectivity index (χ1) is 6.75. The van der Waals surface area contributed by atoms with Gasteiger partial charge in [0.25, 0.3) is 0 Å². The van der Waals surface area contributed by atoms with Crippen molar-refractivity contribution in [3.05, 3.63) is 23.9 Å². The molecule has 76 valence electrons. The van der Waals surface area contributed by atoms with Gasteiger partial charge in [-0.15, -0.1) is 0 Å². The third-order valence-corrected chi connectivity index (χ3v) is 2.72. The van der Waals surface area contributed by atoms with Gasteiger partial charge in [0.2, 0.25) is 0 Å². The van der Waals surface area contributed by atoms with Crippen LogP contribution >= 0.6 is 0 Å². The molecule has 0 aromatic carbocycles. The molecule has 1 aliphatic rings. The molecule has 1 fully saturated rings. The predicted octanol–water partition coefficient (Wildman–Crippen LogP) is 3.03. The van der Waals surface area contributed by atoms with E-state index in [-0.39, 0.29) is 0 Å². The average Bonchev–Trinajstić information content (AvgIpc) is 2.99. The van der Waals surface area contributed by atoms with Crippen molar-refractivity contribution in [1.82, 2.24) is 4.98 Å². The highest BCUT2D eigenvalue weighted by Gasteiger charge is 2.20. The van der Waals surface area contributed by atoms with Gasteiger partial charge in [-0.05, 0) is 42.4 Å². The highest BCUT2D eigenvalue weighted by Crippen LogP contribution is 2.28. The van der Waals surface area contributed by atoms with E-state index in [2.05, 4.69) is 36.3 Å². The van der Waals surface area contributed by atoms with Gasteiger partial charge in [0.15, 0.2) is 0 Å². The van der Waals surface area contributed by atoms with E-state index in [1.807, 2.05) is 6.20 Å². The molecule has 2 heteroatoms. The molecule has 0 aliphatic heterocycles. The molecule has 0 amide bonds. The van der Waals surface area contributed by atoms with Crippen molar-refractivity contribution in [1.29, 1.82) is 0 Å². The minimum absolute atomic E-state index is 0.583. The molecule has 1 aromatic heterocycles. The summed E-state index contributed by atoms with van der Waals surface area (Å²) < 4.78 is 0. The van der Waals surface area contributed by atoms with Crippen LogP contribution in [0.5, 0.6) is 0 Å². The molecule has 0 bridgehead atoms. The predicted molar refractivity (Wildman–Crippen MR) is 59.5 cm³/mol. The van der Waals surface area contributed by atoms with Gasteiger partial charge in [-0.25, -0.2) is 4.98 Å². The Bertz CT molecular complexity index is 303. The van der Waals surface area contributed by atoms with Crippen molar-refractivity contribution in [3.63, 3.8) is 0 Å². The first-order valence-corrected chi connectivity index (χ1v) is 5.45. The quantitative estimate of drug-likeness (QED) is 0.789. The molecule has 0 spiro atoms. The van der Waals surface area contributed by atoms with Crippen LogP contribution in [0.1, 0.15) is 38.2 Å². The maximum Gasteiger partial charge on any atom is 0.126 e. The number of pyridine rings is 1. The normalized spacial score (nSPS) is 15.9. The fraction of sp³-hybridized carbons (Fsp3) is 0.583. The van der Waals surface area contributed by atoms with Crippen molar-refractivity contribution < 1.29 is 0 Å². The largest absolute Gasteiger partial charge is 0.370 e. The number of rotatable bonds is 4. The number of nitrogens with one attached hydrogen (secondary N) is 1. The zero-order valence-electron chi connectivity index (χ0n) is 8.96. The number of hydrogen-bond acceptors (Lipinski definition) is 2. The average molecular weight is 190 g/mol. The number of anilines is 1. The Kier molecular flexibility index (Phi) is 2.71. The molecule has 2 rings (SSSR count). The van der Waals surface area contributed by atoms with E-state index in [1.165, 1.54) is 18.4 Å². The Labute approximate surface area is 85.7 Å². The minimum atomic E-state index is 0.583. The van der Waals surface area contributed by atoms with Crippen LogP contribution in [0.3, 0.4) is 0 Å². The fourth-order valence-electron chi connectivity index (χ4n) is 1.47. The first kappa shape index (κ1) is 9.50. The molecule has 2 nitrogen and oxygen atoms in total. The van der Waals surface area contributed by atoms with E-state index in [1.54, 1.807) is 0 Å². The minimum Gasteiger partial charge on any atom is -0.370 e. The van der Waals surface area contributed by atoms with Crippen molar-refractivity contribution >= 4 is 5.82 Å². The second-order valence-electron chi connectivity index (χ2n) is 4.45. The van der Waals surface area contributed by atoms with E-state index < -0.39 is 0 Å². The molecule has 1 aromatic rings. The van der Waals surface area contributed by atoms with Gasteiger partial charge in [0.05, 0.1) is 0 Å². The molecule has 14 heavy (non-hydrogen) atoms. The summed E-state index contributed by atoms with van der Waals surface area (Å²) in [6.45, 7) is 5.51. The second-order valence-corrected chi connectivity index (χ2v) is 4.45. The molecule has 1 N–H and O–H groups in total. The van der Waals surface area contributed by atoms with Crippen LogP contribution in [0, 0.1) is 5.92 Å². The van der Waals surface area contributed by atoms with E-state index in [4.69, 9.17) is 0 Å². The maximum absolute atomic E-state index is 4.31. The molecule has 1 heterocycles. The molecular weight excluding hydrogens is 172 g/mol. The van der Waals surface area contributed by atoms with Crippen molar-refractivity contribution in [2.45, 2.75) is 32.6 Å². The number of hydrogen-bond donors (Lipinski definition) is 1. The monoisotopic (exact) mass is 190 g/mol. The van der Waals surface area contributed by atoms with Gasteiger partial charge in [0, 0.05) is 12.7 Å². The Morgan fingerprint density at radius 1 is 1.50 bits per heavy atom. The van der Waals surface area contributed by atoms with E-state index in [0.717, 1.165) is 18.3 Å². The third kappa shape index (κ3) is 2.47. The van der Waals surface area contributed by atoms with E-state index in [9.17, 15) is 0 Å². The third-order valence-electron chi connectivity index (χ3n) is 2.72. The molecule has 0 atom stereocenters. The first-order valence-electron chi connectivity index (χ1n) is 5.45. The summed E-state index contributed by atoms with van der Waals surface area (Å²) in [5, 5.41) is 3.39. The summed E-state index contributed by atoms with van der Waals surface area (Å²) in [4.78, 5) is 4.31. The highest BCUT2D eigenvalue weighted by molar-refractivity contribution is 5.38. The summed E-state index contributed by atoms with van der Waals surface area (Å²) in [7, 11) is 0. The smallest absolute Gasteiger partial charge is 0.126 e. The topological polar surface area (TPSA) is 24.9 Å². The molecule has 0 radical (unpaired) electrons. The molecule has 0 unspecified atom stereocenters. The standard InChI is InChI=1S/C12H18N2/c1-9(2)11-5-6-13-12(7-11)14-8-10-3-4-10/h5-7,9-10H,3-4,8H2,1-2H3,(H,13,14). The summed E-state index contributed by atoms with van der Waals surface area (Å²) in [5.74, 6) is 2.52. The zero-order valence-corrected chi connectivity index (χ0v) is 8.96. The molecular formula is C12H18N2. The van der Waals surface area contributed by atoms with Crippen molar-refractivity contribution in [2.75, 3.05) is 11.9 Å². The molecule has 0 saturated heterocycles. The van der Waals surface area contributed by atoms with Crippen LogP contribution in [0.2, 0.25) is 0 Å². The second kappa shape index (κ2) is 3.99. The Hall–Kier alpha value is -1.05. The lowest BCUT2D eigenvalue weighted by molar-refractivity contribution is 0.855. The van der Waals surface area contributed by atoms with Crippen LogP contribution in [0.25, 0.3) is 0 Å². The Morgan fingerprint density at radius 3 is 2.93 bits per heavy atom. The van der Waals surface area contributed by atoms with Gasteiger partial charge in [-0.3, -0.25) is 0 Å². The molecule has 1 aliphatic carbocycles. The SMILES string of the molecule is CC(C)c1ccnc(NCC2CC2)c1. The van der Waals surface area contributed by atoms with Gasteiger partial charge < -0.3 is 5.32 Å². The van der Waals surface area contributed by atoms with Crippen LogP contribution in [0.15, 0.2) is 18.3 Å². The Balaban J connectivity index is 1.97. The van der Waals surface area contributed by atoms with Crippen molar-refractivity contribution in [2.24, 2.45) is 5.92 Å². The zero-order chi connectivity index (χ0) is 9.97. The van der Waals surface area contributed by atoms with Gasteiger partial charge >= 0.3 is 0 Å². The fourth-order valence-corrected chi connectivity index (χ4v) is 1.47. The van der Waals surface area contributed by atoms with Crippen molar-refractivity contribution in [3.8, 4) is 0 Å². The van der Waals surface area contributed by atoms with Gasteiger partial charge in [-0.1, -0.05) is 13.8 Å². The van der Waals surface area contributed by atoms with Crippen LogP contribution in [-0.4, -0.2) is 11.5 Å². The number of nitrogens with zero attached hydrogens (tertiary/aromatic N) is 1. The van der Waals surface area contributed by atoms with E-state index in [0.29, 0.717) is 5.92 Å². The highest BCUT2D eigenvalue weighted by atomic mass is 15.0. The number of aromatic nitrogens is 1. The van der Waals surface area contributed by atoms with Crippen LogP contribution in [-0.2, 0) is 0 Å². The summed E-state index contributed by atoms with van der Waals surface area (Å²) in [6, 6.07) is 4.25. The maximum atomic E-state index is 4.31. The van der Waals surface area contributed by atoms with Gasteiger partial charge in [-0.2, -0.15) is 0 Å². The lowest BCUT2D eigenvalue weighted by atomic mass is 10.1. The summed E-state index contributed by atoms with van der Waals surface area (Å²) in [5.41, 5.74) is 1.36. The lowest BCUT2D eigenvalue weighted by Crippen LogP contribution is -2.05. The van der Waals surface area contributed by atoms with Crippen LogP contribution in [0.4, 0.5) is 5.82 Å². The van der Waals surface area contributed by atoms with E-state index >= 15 is 0 Å². The summed E-state index contributed by atoms with van der Waals surface area (Å²) in [6.07, 6.45) is 4.66. The summed E-state index contributed by atoms with van der Waals surface area (Å²) >= 11 is 0. The van der Waals surface area contributed by atoms with Gasteiger partial charge in [0.1, 0.15) is 5.82 Å². The lowest BCUT2D eigenvalue weighted by Gasteiger charge is -2.08. The van der Waals surface area contributed by atoms with Crippen LogP contribution < -0.4 is 5.32 Å².